The molecule has 0 atom stereocenters. The van der Waals surface area contributed by atoms with Crippen LogP contribution in [0.5, 0.6) is 0 Å². The van der Waals surface area contributed by atoms with E-state index in [1.54, 1.807) is 26.0 Å². The highest BCUT2D eigenvalue weighted by molar-refractivity contribution is 7.86. The number of H-pyrrole nitrogens is 1. The Balaban J connectivity index is 2.04. The van der Waals surface area contributed by atoms with Gasteiger partial charge in [0.2, 0.25) is 0 Å². The number of hydrogen-bond acceptors (Lipinski definition) is 6. The lowest BCUT2D eigenvalue weighted by Crippen LogP contribution is -2.03. The van der Waals surface area contributed by atoms with Gasteiger partial charge in [-0.3, -0.25) is 9.11 Å². The molecule has 174 valence electrons. The minimum atomic E-state index is -4.32. The molecule has 9 nitrogen and oxygen atoms in total. The topological polar surface area (TPSA) is 177 Å². The smallest absolute Gasteiger partial charge is 0.294 e. The standard InChI is InChI=1S/C22H23N3O6S2/c1-13(23)21(15-3-7-17(8-4-15)32(26,27)28)19-11-12-20(25-19)22(14(2)24)16-5-9-18(10-6-16)33(29,30)31/h3-12,25H,23-24H2,1-2H3,(H,26,27,28)(H,29,30,31)/b21-13-,22-14-. The van der Waals surface area contributed by atoms with E-state index < -0.39 is 20.2 Å². The summed E-state index contributed by atoms with van der Waals surface area (Å²) in [5.74, 6) is 0. The molecule has 0 aliphatic rings. The largest absolute Gasteiger partial charge is 0.402 e. The molecule has 0 saturated heterocycles. The highest BCUT2D eigenvalue weighted by Crippen LogP contribution is 2.30. The number of nitrogens with two attached hydrogens (primary N) is 2. The summed E-state index contributed by atoms with van der Waals surface area (Å²) in [5.41, 5.74) is 16.9. The van der Waals surface area contributed by atoms with Crippen molar-refractivity contribution in [3.8, 4) is 0 Å². The fourth-order valence-electron chi connectivity index (χ4n) is 3.47. The van der Waals surface area contributed by atoms with Gasteiger partial charge < -0.3 is 16.5 Å². The van der Waals surface area contributed by atoms with E-state index in [-0.39, 0.29) is 9.79 Å². The first-order valence-corrected chi connectivity index (χ1v) is 12.5. The molecule has 2 aromatic carbocycles. The van der Waals surface area contributed by atoms with E-state index in [1.807, 2.05) is 0 Å². The minimum Gasteiger partial charge on any atom is -0.402 e. The molecule has 0 amide bonds. The maximum atomic E-state index is 11.3. The Bertz CT molecular complexity index is 1350. The first-order valence-electron chi connectivity index (χ1n) is 9.57. The van der Waals surface area contributed by atoms with Gasteiger partial charge in [-0.25, -0.2) is 0 Å². The summed E-state index contributed by atoms with van der Waals surface area (Å²) in [6.45, 7) is 3.40. The molecule has 11 heteroatoms. The Kier molecular flexibility index (Phi) is 6.52. The van der Waals surface area contributed by atoms with E-state index in [2.05, 4.69) is 4.98 Å². The average Bonchev–Trinajstić information content (AvgIpc) is 3.16. The molecule has 3 rings (SSSR count). The number of aromatic amines is 1. The molecule has 7 N–H and O–H groups in total. The summed E-state index contributed by atoms with van der Waals surface area (Å²) >= 11 is 0. The number of nitrogens with one attached hydrogen (secondary N) is 1. The lowest BCUT2D eigenvalue weighted by molar-refractivity contribution is 0.481. The maximum absolute atomic E-state index is 11.3. The highest BCUT2D eigenvalue weighted by Gasteiger charge is 2.17. The maximum Gasteiger partial charge on any atom is 0.294 e. The van der Waals surface area contributed by atoms with Gasteiger partial charge in [0.15, 0.2) is 0 Å². The molecule has 3 aromatic rings. The van der Waals surface area contributed by atoms with Gasteiger partial charge in [0, 0.05) is 33.9 Å². The van der Waals surface area contributed by atoms with E-state index in [1.165, 1.54) is 48.5 Å². The van der Waals surface area contributed by atoms with Crippen LogP contribution in [0.1, 0.15) is 36.4 Å². The van der Waals surface area contributed by atoms with Crippen molar-refractivity contribution in [1.82, 2.24) is 4.98 Å². The summed E-state index contributed by atoms with van der Waals surface area (Å²) in [7, 11) is -8.64. The highest BCUT2D eigenvalue weighted by atomic mass is 32.2. The van der Waals surface area contributed by atoms with Gasteiger partial charge in [0.25, 0.3) is 20.2 Å². The van der Waals surface area contributed by atoms with Crippen molar-refractivity contribution in [2.24, 2.45) is 11.5 Å². The second kappa shape index (κ2) is 8.87. The fourth-order valence-corrected chi connectivity index (χ4v) is 4.43. The van der Waals surface area contributed by atoms with E-state index in [4.69, 9.17) is 11.5 Å². The van der Waals surface area contributed by atoms with Crippen molar-refractivity contribution < 1.29 is 25.9 Å². The quantitative estimate of drug-likeness (QED) is 0.328. The van der Waals surface area contributed by atoms with Crippen molar-refractivity contribution in [3.05, 3.63) is 94.6 Å². The fraction of sp³-hybridized carbons (Fsp3) is 0.0909. The van der Waals surface area contributed by atoms with Crippen LogP contribution in [0, 0.1) is 0 Å². The Labute approximate surface area is 192 Å². The lowest BCUT2D eigenvalue weighted by atomic mass is 10.0. The predicted molar refractivity (Wildman–Crippen MR) is 125 cm³/mol. The number of rotatable bonds is 6. The van der Waals surface area contributed by atoms with Crippen molar-refractivity contribution in [3.63, 3.8) is 0 Å². The van der Waals surface area contributed by atoms with Crippen LogP contribution in [0.25, 0.3) is 11.1 Å². The van der Waals surface area contributed by atoms with Crippen LogP contribution < -0.4 is 11.5 Å². The molecule has 0 aliphatic carbocycles. The Morgan fingerprint density at radius 1 is 0.636 bits per heavy atom. The molecule has 1 aromatic heterocycles. The van der Waals surface area contributed by atoms with E-state index in [9.17, 15) is 25.9 Å². The van der Waals surface area contributed by atoms with Crippen molar-refractivity contribution >= 4 is 31.4 Å². The Morgan fingerprint density at radius 2 is 0.939 bits per heavy atom. The minimum absolute atomic E-state index is 0.232. The summed E-state index contributed by atoms with van der Waals surface area (Å²) in [5, 5.41) is 0. The molecule has 0 saturated carbocycles. The second-order valence-corrected chi connectivity index (χ2v) is 10.2. The second-order valence-electron chi connectivity index (χ2n) is 7.40. The van der Waals surface area contributed by atoms with Gasteiger partial charge in [0.05, 0.1) is 9.79 Å². The van der Waals surface area contributed by atoms with Crippen LogP contribution in [0.2, 0.25) is 0 Å². The Morgan fingerprint density at radius 3 is 1.18 bits per heavy atom. The van der Waals surface area contributed by atoms with Crippen molar-refractivity contribution in [2.45, 2.75) is 23.6 Å². The first kappa shape index (κ1) is 24.3. The van der Waals surface area contributed by atoms with Gasteiger partial charge >= 0.3 is 0 Å². The van der Waals surface area contributed by atoms with Gasteiger partial charge in [0.1, 0.15) is 0 Å². The zero-order valence-electron chi connectivity index (χ0n) is 17.8. The van der Waals surface area contributed by atoms with Crippen LogP contribution in [-0.4, -0.2) is 30.9 Å². The number of hydrogen-bond donors (Lipinski definition) is 5. The van der Waals surface area contributed by atoms with Crippen molar-refractivity contribution in [2.75, 3.05) is 0 Å². The molecule has 0 spiro atoms. The third-order valence-corrected chi connectivity index (χ3v) is 6.63. The molecular weight excluding hydrogens is 466 g/mol. The van der Waals surface area contributed by atoms with Crippen LogP contribution >= 0.6 is 0 Å². The van der Waals surface area contributed by atoms with Crippen LogP contribution in [-0.2, 0) is 20.2 Å². The SMILES string of the molecule is C/C(N)=C(\c1ccc(S(=O)(=O)O)cc1)c1ccc(/C(=C(/C)N)c2ccc(S(=O)(=O)O)cc2)[nH]1. The van der Waals surface area contributed by atoms with Gasteiger partial charge in [-0.15, -0.1) is 0 Å². The molecule has 0 aliphatic heterocycles. The zero-order chi connectivity index (χ0) is 24.6. The van der Waals surface area contributed by atoms with Gasteiger partial charge in [-0.2, -0.15) is 16.8 Å². The average molecular weight is 490 g/mol. The van der Waals surface area contributed by atoms with Gasteiger partial charge in [-0.05, 0) is 61.4 Å². The van der Waals surface area contributed by atoms with Crippen LogP contribution in [0.3, 0.4) is 0 Å². The third-order valence-electron chi connectivity index (χ3n) is 4.90. The normalized spacial score (nSPS) is 13.9. The molecule has 0 bridgehead atoms. The van der Waals surface area contributed by atoms with E-state index >= 15 is 0 Å². The predicted octanol–water partition coefficient (Wildman–Crippen LogP) is 2.98. The molecule has 0 radical (unpaired) electrons. The number of aromatic nitrogens is 1. The molecule has 1 heterocycles. The van der Waals surface area contributed by atoms with Crippen LogP contribution in [0.4, 0.5) is 0 Å². The first-order chi connectivity index (χ1) is 15.3. The summed E-state index contributed by atoms with van der Waals surface area (Å²) < 4.78 is 63.7. The summed E-state index contributed by atoms with van der Waals surface area (Å²) in [6.07, 6.45) is 0. The summed E-state index contributed by atoms with van der Waals surface area (Å²) in [6, 6.07) is 14.8. The third kappa shape index (κ3) is 5.34. The van der Waals surface area contributed by atoms with Gasteiger partial charge in [-0.1, -0.05) is 24.3 Å². The number of benzene rings is 2. The Hall–Kier alpha value is -3.38. The molecule has 0 unspecified atom stereocenters. The zero-order valence-corrected chi connectivity index (χ0v) is 19.4. The monoisotopic (exact) mass is 489 g/mol. The van der Waals surface area contributed by atoms with E-state index in [0.717, 1.165) is 0 Å². The van der Waals surface area contributed by atoms with E-state index in [0.29, 0.717) is 45.1 Å². The number of allylic oxidation sites excluding steroid dienone is 2. The molecular formula is C22H23N3O6S2. The van der Waals surface area contributed by atoms with Crippen molar-refractivity contribution in [1.29, 1.82) is 0 Å². The summed E-state index contributed by atoms with van der Waals surface area (Å²) in [4.78, 5) is 2.79. The lowest BCUT2D eigenvalue weighted by Gasteiger charge is -2.12. The van der Waals surface area contributed by atoms with Crippen LogP contribution in [0.15, 0.2) is 81.8 Å². The molecule has 0 fully saturated rings. The molecule has 33 heavy (non-hydrogen) atoms.